The van der Waals surface area contributed by atoms with Crippen LogP contribution in [-0.4, -0.2) is 39.5 Å². The molecule has 0 radical (unpaired) electrons. The van der Waals surface area contributed by atoms with Gasteiger partial charge in [-0.05, 0) is 37.7 Å². The molecule has 0 saturated carbocycles. The lowest BCUT2D eigenvalue weighted by molar-refractivity contribution is 0.0696. The smallest absolute Gasteiger partial charge is 0.339 e. The molecule has 0 aliphatic heterocycles. The van der Waals surface area contributed by atoms with Crippen molar-refractivity contribution in [2.24, 2.45) is 0 Å². The molecular weight excluding hydrogens is 258 g/mol. The summed E-state index contributed by atoms with van der Waals surface area (Å²) in [5, 5.41) is 29.3. The van der Waals surface area contributed by atoms with Gasteiger partial charge in [-0.2, -0.15) is 5.10 Å². The van der Waals surface area contributed by atoms with Gasteiger partial charge in [-0.15, -0.1) is 5.10 Å². The molecule has 0 fully saturated rings. The monoisotopic (exact) mass is 281 g/mol. The second kappa shape index (κ2) is 8.47. The first-order chi connectivity index (χ1) is 9.65. The molecule has 0 saturated heterocycles. The van der Waals surface area contributed by atoms with Crippen molar-refractivity contribution in [3.05, 3.63) is 16.8 Å². The molecule has 0 aliphatic rings. The summed E-state index contributed by atoms with van der Waals surface area (Å²) < 4.78 is 0. The topological polar surface area (TPSA) is 95.3 Å². The van der Waals surface area contributed by atoms with Crippen LogP contribution in [-0.2, 0) is 12.8 Å². The van der Waals surface area contributed by atoms with Gasteiger partial charge in [-0.3, -0.25) is 0 Å². The van der Waals surface area contributed by atoms with E-state index in [1.54, 1.807) is 0 Å². The number of aliphatic hydroxyl groups excluding tert-OH is 1. The van der Waals surface area contributed by atoms with Crippen molar-refractivity contribution in [2.75, 3.05) is 18.5 Å². The number of carbonyl (C=O) groups is 1. The summed E-state index contributed by atoms with van der Waals surface area (Å²) in [5.41, 5.74) is 1.74. The third-order valence-corrected chi connectivity index (χ3v) is 3.19. The van der Waals surface area contributed by atoms with Crippen LogP contribution in [0.15, 0.2) is 0 Å². The van der Waals surface area contributed by atoms with Gasteiger partial charge >= 0.3 is 5.97 Å². The van der Waals surface area contributed by atoms with Gasteiger partial charge in [0.1, 0.15) is 5.56 Å². The Morgan fingerprint density at radius 2 is 1.90 bits per heavy atom. The van der Waals surface area contributed by atoms with Crippen LogP contribution in [0.2, 0.25) is 0 Å². The van der Waals surface area contributed by atoms with E-state index in [1.807, 2.05) is 13.8 Å². The Hall–Kier alpha value is -1.69. The van der Waals surface area contributed by atoms with Crippen molar-refractivity contribution in [1.29, 1.82) is 0 Å². The van der Waals surface area contributed by atoms with Crippen molar-refractivity contribution in [2.45, 2.75) is 46.0 Å². The van der Waals surface area contributed by atoms with Crippen LogP contribution >= 0.6 is 0 Å². The number of carboxylic acid groups (broad SMARTS) is 1. The molecule has 0 spiro atoms. The Morgan fingerprint density at radius 1 is 1.15 bits per heavy atom. The van der Waals surface area contributed by atoms with Crippen molar-refractivity contribution >= 4 is 11.8 Å². The average molecular weight is 281 g/mol. The fourth-order valence-corrected chi connectivity index (χ4v) is 2.15. The van der Waals surface area contributed by atoms with Gasteiger partial charge < -0.3 is 15.5 Å². The molecule has 0 aliphatic carbocycles. The highest BCUT2D eigenvalue weighted by Gasteiger charge is 2.19. The van der Waals surface area contributed by atoms with E-state index in [2.05, 4.69) is 15.5 Å². The molecule has 1 aromatic heterocycles. The van der Waals surface area contributed by atoms with Crippen molar-refractivity contribution in [1.82, 2.24) is 10.2 Å². The van der Waals surface area contributed by atoms with Gasteiger partial charge in [0.15, 0.2) is 5.82 Å². The van der Waals surface area contributed by atoms with Crippen LogP contribution in [0.25, 0.3) is 0 Å². The Labute approximate surface area is 119 Å². The lowest BCUT2D eigenvalue weighted by atomic mass is 10.0. The molecule has 0 aromatic carbocycles. The zero-order chi connectivity index (χ0) is 15.0. The predicted molar refractivity (Wildman–Crippen MR) is 77.2 cm³/mol. The molecule has 1 aromatic rings. The molecule has 0 bridgehead atoms. The Kier molecular flexibility index (Phi) is 6.93. The lowest BCUT2D eigenvalue weighted by Crippen LogP contribution is -2.15. The van der Waals surface area contributed by atoms with Gasteiger partial charge in [0.25, 0.3) is 0 Å². The van der Waals surface area contributed by atoms with Crippen LogP contribution in [0.3, 0.4) is 0 Å². The number of carboxylic acids is 1. The van der Waals surface area contributed by atoms with E-state index >= 15 is 0 Å². The number of aromatic carboxylic acids is 1. The maximum Gasteiger partial charge on any atom is 0.339 e. The molecule has 1 rings (SSSR count). The maximum atomic E-state index is 11.5. The summed E-state index contributed by atoms with van der Waals surface area (Å²) in [4.78, 5) is 11.5. The molecule has 6 heteroatoms. The van der Waals surface area contributed by atoms with E-state index < -0.39 is 5.97 Å². The Balaban J connectivity index is 2.87. The summed E-state index contributed by atoms with van der Waals surface area (Å²) in [6, 6.07) is 0. The molecule has 112 valence electrons. The number of aromatic nitrogens is 2. The first-order valence-corrected chi connectivity index (χ1v) is 7.12. The fraction of sp³-hybridized carbons (Fsp3) is 0.643. The molecule has 0 atom stereocenters. The second-order valence-electron chi connectivity index (χ2n) is 4.57. The Bertz CT molecular complexity index is 450. The van der Waals surface area contributed by atoms with E-state index in [0.717, 1.165) is 30.5 Å². The largest absolute Gasteiger partial charge is 0.478 e. The first kappa shape index (κ1) is 16.4. The lowest BCUT2D eigenvalue weighted by Gasteiger charge is -2.13. The van der Waals surface area contributed by atoms with E-state index in [-0.39, 0.29) is 12.2 Å². The molecule has 6 nitrogen and oxygen atoms in total. The number of aliphatic hydroxyl groups is 1. The molecule has 20 heavy (non-hydrogen) atoms. The summed E-state index contributed by atoms with van der Waals surface area (Å²) in [6.07, 6.45) is 3.81. The summed E-state index contributed by atoms with van der Waals surface area (Å²) >= 11 is 0. The van der Waals surface area contributed by atoms with Crippen molar-refractivity contribution < 1.29 is 15.0 Å². The van der Waals surface area contributed by atoms with Crippen LogP contribution < -0.4 is 5.32 Å². The standard InChI is InChI=1S/C14H23N3O3/c1-3-10-11(4-2)16-17-13(12(10)14(19)20)15-8-6-5-7-9-18/h18H,3-9H2,1-2H3,(H,15,17)(H,19,20). The normalized spacial score (nSPS) is 10.6. The second-order valence-corrected chi connectivity index (χ2v) is 4.57. The van der Waals surface area contributed by atoms with Crippen LogP contribution in [0, 0.1) is 0 Å². The minimum Gasteiger partial charge on any atom is -0.478 e. The maximum absolute atomic E-state index is 11.5. The van der Waals surface area contributed by atoms with Gasteiger partial charge in [0, 0.05) is 13.2 Å². The first-order valence-electron chi connectivity index (χ1n) is 7.12. The number of nitrogens with zero attached hydrogens (tertiary/aromatic N) is 2. The summed E-state index contributed by atoms with van der Waals surface area (Å²) in [5.74, 6) is -0.625. The zero-order valence-electron chi connectivity index (χ0n) is 12.1. The Morgan fingerprint density at radius 3 is 2.45 bits per heavy atom. The summed E-state index contributed by atoms with van der Waals surface area (Å²) in [6.45, 7) is 4.68. The van der Waals surface area contributed by atoms with E-state index in [1.165, 1.54) is 0 Å². The number of hydrogen-bond acceptors (Lipinski definition) is 5. The number of anilines is 1. The van der Waals surface area contributed by atoms with Gasteiger partial charge in [0.2, 0.25) is 0 Å². The van der Waals surface area contributed by atoms with Gasteiger partial charge in [0.05, 0.1) is 5.69 Å². The van der Waals surface area contributed by atoms with Gasteiger partial charge in [-0.1, -0.05) is 13.8 Å². The molecule has 0 amide bonds. The molecule has 0 unspecified atom stereocenters. The van der Waals surface area contributed by atoms with E-state index in [0.29, 0.717) is 25.2 Å². The molecule has 3 N–H and O–H groups in total. The molecular formula is C14H23N3O3. The number of rotatable bonds is 9. The van der Waals surface area contributed by atoms with Crippen LogP contribution in [0.5, 0.6) is 0 Å². The molecule has 1 heterocycles. The van der Waals surface area contributed by atoms with Crippen molar-refractivity contribution in [3.8, 4) is 0 Å². The fourth-order valence-electron chi connectivity index (χ4n) is 2.15. The highest BCUT2D eigenvalue weighted by Crippen LogP contribution is 2.21. The zero-order valence-corrected chi connectivity index (χ0v) is 12.1. The van der Waals surface area contributed by atoms with Crippen LogP contribution in [0.4, 0.5) is 5.82 Å². The van der Waals surface area contributed by atoms with E-state index in [9.17, 15) is 9.90 Å². The van der Waals surface area contributed by atoms with E-state index in [4.69, 9.17) is 5.11 Å². The quantitative estimate of drug-likeness (QED) is 0.598. The number of aryl methyl sites for hydroxylation is 1. The highest BCUT2D eigenvalue weighted by atomic mass is 16.4. The highest BCUT2D eigenvalue weighted by molar-refractivity contribution is 5.95. The average Bonchev–Trinajstić information content (AvgIpc) is 2.45. The van der Waals surface area contributed by atoms with Crippen molar-refractivity contribution in [3.63, 3.8) is 0 Å². The van der Waals surface area contributed by atoms with Gasteiger partial charge in [-0.25, -0.2) is 4.79 Å². The third-order valence-electron chi connectivity index (χ3n) is 3.19. The number of hydrogen-bond donors (Lipinski definition) is 3. The van der Waals surface area contributed by atoms with Crippen LogP contribution in [0.1, 0.15) is 54.7 Å². The third kappa shape index (κ3) is 4.16. The number of unbranched alkanes of at least 4 members (excludes halogenated alkanes) is 2. The minimum absolute atomic E-state index is 0.186. The minimum atomic E-state index is -0.968. The predicted octanol–water partition coefficient (Wildman–Crippen LogP) is 1.87. The number of nitrogens with one attached hydrogen (secondary N) is 1. The summed E-state index contributed by atoms with van der Waals surface area (Å²) in [7, 11) is 0. The SMILES string of the molecule is CCc1nnc(NCCCCCO)c(C(=O)O)c1CC.